The van der Waals surface area contributed by atoms with Gasteiger partial charge in [-0.15, -0.1) is 0 Å². The van der Waals surface area contributed by atoms with E-state index in [-0.39, 0.29) is 12.4 Å². The van der Waals surface area contributed by atoms with E-state index < -0.39 is 13.9 Å². The molecule has 0 rings (SSSR count). The fourth-order valence-corrected chi connectivity index (χ4v) is 2.73. The minimum Gasteiger partial charge on any atom is -0.466 e. The molecule has 86 valence electrons. The Bertz CT molecular complexity index is 267. The predicted octanol–water partition coefficient (Wildman–Crippen LogP) is 2.07. The van der Waals surface area contributed by atoms with Crippen molar-refractivity contribution >= 4 is 14.3 Å². The lowest BCUT2D eigenvalue weighted by Gasteiger charge is -2.29. The van der Waals surface area contributed by atoms with Gasteiger partial charge in [-0.1, -0.05) is 0 Å². The maximum atomic E-state index is 11.3. The number of rotatable bonds is 5. The van der Waals surface area contributed by atoms with Crippen molar-refractivity contribution in [2.24, 2.45) is 0 Å². The summed E-state index contributed by atoms with van der Waals surface area (Å²) in [5, 5.41) is 9.01. The number of nitrogens with zero attached hydrogens (tertiary/aromatic N) is 1. The summed E-state index contributed by atoms with van der Waals surface area (Å²) < 4.78 is 10.5. The maximum absolute atomic E-state index is 11.3. The standard InChI is InChI=1S/C10H19NO3Si/c1-6-13-9(12)7-10(2,8-11)14-15(3,4)5/h6-7H2,1-5H3. The van der Waals surface area contributed by atoms with Crippen molar-refractivity contribution in [2.75, 3.05) is 6.61 Å². The smallest absolute Gasteiger partial charge is 0.309 e. The van der Waals surface area contributed by atoms with Crippen LogP contribution in [-0.2, 0) is 14.0 Å². The molecule has 1 unspecified atom stereocenters. The zero-order valence-electron chi connectivity index (χ0n) is 10.1. The van der Waals surface area contributed by atoms with Crippen LogP contribution < -0.4 is 0 Å². The minimum absolute atomic E-state index is 0.0123. The molecule has 0 saturated carbocycles. The highest BCUT2D eigenvalue weighted by atomic mass is 28.4. The predicted molar refractivity (Wildman–Crippen MR) is 59.7 cm³/mol. The van der Waals surface area contributed by atoms with Gasteiger partial charge in [0.25, 0.3) is 0 Å². The molecule has 0 spiro atoms. The molecule has 0 amide bonds. The topological polar surface area (TPSA) is 59.3 Å². The molecule has 0 bridgehead atoms. The number of hydrogen-bond acceptors (Lipinski definition) is 4. The van der Waals surface area contributed by atoms with Gasteiger partial charge in [0.15, 0.2) is 13.9 Å². The van der Waals surface area contributed by atoms with Gasteiger partial charge in [-0.2, -0.15) is 5.26 Å². The number of hydrogen-bond donors (Lipinski definition) is 0. The summed E-state index contributed by atoms with van der Waals surface area (Å²) in [6.07, 6.45) is -0.0123. The molecule has 4 nitrogen and oxygen atoms in total. The molecule has 5 heteroatoms. The molecule has 0 aromatic rings. The Balaban J connectivity index is 4.46. The van der Waals surface area contributed by atoms with Crippen molar-refractivity contribution in [1.29, 1.82) is 5.26 Å². The van der Waals surface area contributed by atoms with Crippen molar-refractivity contribution in [3.05, 3.63) is 0 Å². The zero-order valence-corrected chi connectivity index (χ0v) is 11.1. The van der Waals surface area contributed by atoms with E-state index in [9.17, 15) is 4.79 Å². The summed E-state index contributed by atoms with van der Waals surface area (Å²) in [6.45, 7) is 9.63. The quantitative estimate of drug-likeness (QED) is 0.535. The van der Waals surface area contributed by atoms with E-state index in [1.54, 1.807) is 13.8 Å². The van der Waals surface area contributed by atoms with Crippen molar-refractivity contribution in [2.45, 2.75) is 45.5 Å². The molecule has 0 heterocycles. The summed E-state index contributed by atoms with van der Waals surface area (Å²) in [5.74, 6) is -0.389. The summed E-state index contributed by atoms with van der Waals surface area (Å²) in [7, 11) is -1.83. The molecule has 0 fully saturated rings. The Hall–Kier alpha value is -0.863. The Kier molecular flexibility index (Phi) is 4.98. The van der Waals surface area contributed by atoms with Gasteiger partial charge < -0.3 is 9.16 Å². The van der Waals surface area contributed by atoms with E-state index in [0.29, 0.717) is 6.61 Å². The molecule has 0 aromatic carbocycles. The van der Waals surface area contributed by atoms with Crippen molar-refractivity contribution in [1.82, 2.24) is 0 Å². The first-order valence-electron chi connectivity index (χ1n) is 4.99. The molecule has 0 N–H and O–H groups in total. The van der Waals surface area contributed by atoms with Crippen LogP contribution in [0.3, 0.4) is 0 Å². The van der Waals surface area contributed by atoms with Crippen LogP contribution in [0.25, 0.3) is 0 Å². The van der Waals surface area contributed by atoms with E-state index in [0.717, 1.165) is 0 Å². The zero-order chi connectivity index (χ0) is 12.1. The Morgan fingerprint density at radius 2 is 2.00 bits per heavy atom. The first-order valence-corrected chi connectivity index (χ1v) is 8.40. The van der Waals surface area contributed by atoms with Gasteiger partial charge in [-0.3, -0.25) is 4.79 Å². The van der Waals surface area contributed by atoms with Crippen LogP contribution >= 0.6 is 0 Å². The molecule has 0 radical (unpaired) electrons. The number of nitriles is 1. The van der Waals surface area contributed by atoms with E-state index >= 15 is 0 Å². The highest BCUT2D eigenvalue weighted by molar-refractivity contribution is 6.69. The number of ether oxygens (including phenoxy) is 1. The lowest BCUT2D eigenvalue weighted by molar-refractivity contribution is -0.146. The number of carbonyl (C=O) groups excluding carboxylic acids is 1. The Morgan fingerprint density at radius 3 is 2.33 bits per heavy atom. The fraction of sp³-hybridized carbons (Fsp3) is 0.800. The number of carbonyl (C=O) groups is 1. The highest BCUT2D eigenvalue weighted by Crippen LogP contribution is 2.21. The van der Waals surface area contributed by atoms with E-state index in [1.807, 2.05) is 25.7 Å². The largest absolute Gasteiger partial charge is 0.466 e. The number of esters is 1. The Morgan fingerprint density at radius 1 is 1.47 bits per heavy atom. The second-order valence-corrected chi connectivity index (χ2v) is 8.97. The third-order valence-corrected chi connectivity index (χ3v) is 2.62. The van der Waals surface area contributed by atoms with E-state index in [2.05, 4.69) is 0 Å². The van der Waals surface area contributed by atoms with Crippen LogP contribution in [0.2, 0.25) is 19.6 Å². The van der Waals surface area contributed by atoms with Crippen molar-refractivity contribution < 1.29 is 14.0 Å². The van der Waals surface area contributed by atoms with Crippen LogP contribution in [0.1, 0.15) is 20.3 Å². The monoisotopic (exact) mass is 229 g/mol. The van der Waals surface area contributed by atoms with Crippen molar-refractivity contribution in [3.8, 4) is 6.07 Å². The van der Waals surface area contributed by atoms with Gasteiger partial charge >= 0.3 is 5.97 Å². The first-order chi connectivity index (χ1) is 6.72. The first kappa shape index (κ1) is 14.1. The highest BCUT2D eigenvalue weighted by Gasteiger charge is 2.34. The molecule has 0 aliphatic rings. The SMILES string of the molecule is CCOC(=O)CC(C)(C#N)O[Si](C)(C)C. The van der Waals surface area contributed by atoms with E-state index in [1.165, 1.54) is 0 Å². The second-order valence-electron chi connectivity index (χ2n) is 4.54. The lowest BCUT2D eigenvalue weighted by Crippen LogP contribution is -2.41. The lowest BCUT2D eigenvalue weighted by atomic mass is 10.1. The average molecular weight is 229 g/mol. The van der Waals surface area contributed by atoms with Crippen LogP contribution in [0.15, 0.2) is 0 Å². The van der Waals surface area contributed by atoms with Crippen LogP contribution in [0, 0.1) is 11.3 Å². The van der Waals surface area contributed by atoms with Gasteiger partial charge in [0.05, 0.1) is 19.1 Å². The molecule has 0 aromatic heterocycles. The summed E-state index contributed by atoms with van der Waals surface area (Å²) in [5.41, 5.74) is -1.06. The second kappa shape index (κ2) is 5.28. The van der Waals surface area contributed by atoms with Gasteiger partial charge in [0.2, 0.25) is 0 Å². The summed E-state index contributed by atoms with van der Waals surface area (Å²) in [4.78, 5) is 11.3. The van der Waals surface area contributed by atoms with Gasteiger partial charge in [-0.05, 0) is 33.5 Å². The third kappa shape index (κ3) is 6.26. The summed E-state index contributed by atoms with van der Waals surface area (Å²) >= 11 is 0. The molecular formula is C10H19NO3Si. The molecule has 0 aliphatic carbocycles. The van der Waals surface area contributed by atoms with E-state index in [4.69, 9.17) is 14.4 Å². The summed E-state index contributed by atoms with van der Waals surface area (Å²) in [6, 6.07) is 2.04. The molecule has 0 saturated heterocycles. The van der Waals surface area contributed by atoms with Gasteiger partial charge in [-0.25, -0.2) is 0 Å². The molecule has 15 heavy (non-hydrogen) atoms. The molecular weight excluding hydrogens is 210 g/mol. The minimum atomic E-state index is -1.83. The van der Waals surface area contributed by atoms with Crippen LogP contribution in [0.5, 0.6) is 0 Å². The maximum Gasteiger partial charge on any atom is 0.309 e. The van der Waals surface area contributed by atoms with Crippen LogP contribution in [0.4, 0.5) is 0 Å². The normalized spacial score (nSPS) is 15.2. The van der Waals surface area contributed by atoms with Gasteiger partial charge in [0.1, 0.15) is 0 Å². The Labute approximate surface area is 92.3 Å². The average Bonchev–Trinajstić information content (AvgIpc) is 2.00. The fourth-order valence-electron chi connectivity index (χ4n) is 1.26. The molecule has 1 atom stereocenters. The van der Waals surface area contributed by atoms with Crippen molar-refractivity contribution in [3.63, 3.8) is 0 Å². The third-order valence-electron chi connectivity index (χ3n) is 1.55. The van der Waals surface area contributed by atoms with Crippen LogP contribution in [-0.4, -0.2) is 26.5 Å². The molecule has 0 aliphatic heterocycles. The van der Waals surface area contributed by atoms with Gasteiger partial charge in [0, 0.05) is 0 Å².